The second-order valence-electron chi connectivity index (χ2n) is 15.9. The molecule has 61 heavy (non-hydrogen) atoms. The van der Waals surface area contributed by atoms with Crippen LogP contribution in [0.4, 0.5) is 0 Å². The Morgan fingerprint density at radius 2 is 0.951 bits per heavy atom. The summed E-state index contributed by atoms with van der Waals surface area (Å²) in [6.45, 7) is 3.72. The van der Waals surface area contributed by atoms with Crippen LogP contribution in [0, 0.1) is 0 Å². The third kappa shape index (κ3) is 45.3. The lowest BCUT2D eigenvalue weighted by Crippen LogP contribution is -2.34. The largest absolute Gasteiger partial charge is 0.480 e. The molecule has 0 aliphatic heterocycles. The van der Waals surface area contributed by atoms with Crippen LogP contribution in [0.1, 0.15) is 194 Å². The van der Waals surface area contributed by atoms with Gasteiger partial charge in [-0.1, -0.05) is 177 Å². The van der Waals surface area contributed by atoms with E-state index in [9.17, 15) is 19.0 Å². The molecule has 0 aromatic carbocycles. The molecule has 0 saturated heterocycles. The Balaban J connectivity index is 4.25. The number of rotatable bonds is 45. The Morgan fingerprint density at radius 1 is 0.541 bits per heavy atom. The van der Waals surface area contributed by atoms with Crippen LogP contribution in [0.2, 0.25) is 0 Å². The molecular formula is C50H88NO9P. The number of hydrogen-bond donors (Lipinski definition) is 3. The van der Waals surface area contributed by atoms with Crippen LogP contribution in [-0.4, -0.2) is 60.5 Å². The molecule has 3 atom stereocenters. The Morgan fingerprint density at radius 3 is 1.44 bits per heavy atom. The lowest BCUT2D eigenvalue weighted by Gasteiger charge is -2.20. The Bertz CT molecular complexity index is 1250. The van der Waals surface area contributed by atoms with Crippen molar-refractivity contribution in [3.8, 4) is 0 Å². The summed E-state index contributed by atoms with van der Waals surface area (Å²) >= 11 is 0. The molecule has 0 heterocycles. The summed E-state index contributed by atoms with van der Waals surface area (Å²) in [5, 5.41) is 8.92. The SMILES string of the molecule is CC/C=C\C/C=C\C/C=C\C/C=C\C/C=C\CCCCCC(=O)OC(COCCCCCCCCCCCC/C=C\CCCCCCCC)COP(=O)(O)OCC(N)C(=O)O. The van der Waals surface area contributed by atoms with Gasteiger partial charge in [0.25, 0.3) is 0 Å². The maximum atomic E-state index is 12.7. The fourth-order valence-corrected chi connectivity index (χ4v) is 7.05. The second kappa shape index (κ2) is 45.4. The summed E-state index contributed by atoms with van der Waals surface area (Å²) in [7, 11) is -4.63. The minimum atomic E-state index is -4.63. The van der Waals surface area contributed by atoms with Crippen LogP contribution >= 0.6 is 7.82 Å². The first kappa shape index (κ1) is 58.4. The highest BCUT2D eigenvalue weighted by Gasteiger charge is 2.27. The molecule has 10 nitrogen and oxygen atoms in total. The van der Waals surface area contributed by atoms with Crippen molar-refractivity contribution in [1.29, 1.82) is 0 Å². The molecule has 0 spiro atoms. The molecule has 3 unspecified atom stereocenters. The number of nitrogens with two attached hydrogens (primary N) is 1. The normalized spacial score (nSPS) is 14.4. The van der Waals surface area contributed by atoms with E-state index in [-0.39, 0.29) is 13.0 Å². The van der Waals surface area contributed by atoms with Gasteiger partial charge >= 0.3 is 19.8 Å². The molecule has 0 saturated carbocycles. The van der Waals surface area contributed by atoms with Gasteiger partial charge in [-0.25, -0.2) is 4.57 Å². The van der Waals surface area contributed by atoms with Crippen LogP contribution in [0.5, 0.6) is 0 Å². The van der Waals surface area contributed by atoms with Crippen molar-refractivity contribution < 1.29 is 42.7 Å². The van der Waals surface area contributed by atoms with Gasteiger partial charge in [0.05, 0.1) is 19.8 Å². The van der Waals surface area contributed by atoms with Crippen molar-refractivity contribution >= 4 is 19.8 Å². The zero-order chi connectivity index (χ0) is 44.8. The summed E-state index contributed by atoms with van der Waals surface area (Å²) in [4.78, 5) is 33.6. The minimum Gasteiger partial charge on any atom is -0.480 e. The molecule has 352 valence electrons. The van der Waals surface area contributed by atoms with E-state index in [1.54, 1.807) is 0 Å². The Kier molecular flexibility index (Phi) is 43.5. The number of carboxylic acids is 1. The number of hydrogen-bond acceptors (Lipinski definition) is 8. The van der Waals surface area contributed by atoms with Gasteiger partial charge in [0.15, 0.2) is 0 Å². The maximum absolute atomic E-state index is 12.7. The summed E-state index contributed by atoms with van der Waals surface area (Å²) < 4.78 is 33.4. The maximum Gasteiger partial charge on any atom is 0.472 e. The molecule has 11 heteroatoms. The summed E-state index contributed by atoms with van der Waals surface area (Å²) in [6.07, 6.45) is 56.7. The van der Waals surface area contributed by atoms with Crippen LogP contribution < -0.4 is 5.73 Å². The molecule has 0 aromatic heterocycles. The van der Waals surface area contributed by atoms with Gasteiger partial charge in [0.1, 0.15) is 12.1 Å². The zero-order valence-corrected chi connectivity index (χ0v) is 39.4. The van der Waals surface area contributed by atoms with E-state index in [0.29, 0.717) is 13.0 Å². The number of carbonyl (C=O) groups is 2. The van der Waals surface area contributed by atoms with Gasteiger partial charge in [-0.05, 0) is 83.5 Å². The number of allylic oxidation sites excluding steroid dienone is 12. The highest BCUT2D eigenvalue weighted by Crippen LogP contribution is 2.43. The molecule has 0 aliphatic carbocycles. The van der Waals surface area contributed by atoms with Gasteiger partial charge in [0, 0.05) is 13.0 Å². The van der Waals surface area contributed by atoms with Gasteiger partial charge in [-0.2, -0.15) is 0 Å². The third-order valence-electron chi connectivity index (χ3n) is 9.97. The van der Waals surface area contributed by atoms with Crippen LogP contribution in [0.3, 0.4) is 0 Å². The molecular weight excluding hydrogens is 790 g/mol. The molecule has 0 aliphatic rings. The number of unbranched alkanes of at least 4 members (excludes halogenated alkanes) is 19. The Hall–Kier alpha value is -2.59. The predicted octanol–water partition coefficient (Wildman–Crippen LogP) is 13.8. The average Bonchev–Trinajstić information content (AvgIpc) is 3.24. The van der Waals surface area contributed by atoms with E-state index < -0.39 is 45.1 Å². The van der Waals surface area contributed by atoms with E-state index in [1.807, 2.05) is 0 Å². The smallest absolute Gasteiger partial charge is 0.472 e. The predicted molar refractivity (Wildman–Crippen MR) is 254 cm³/mol. The molecule has 4 N–H and O–H groups in total. The van der Waals surface area contributed by atoms with E-state index in [4.69, 9.17) is 29.4 Å². The van der Waals surface area contributed by atoms with Gasteiger partial charge in [0.2, 0.25) is 0 Å². The molecule has 0 rings (SSSR count). The Labute approximate surface area is 372 Å². The topological polar surface area (TPSA) is 155 Å². The van der Waals surface area contributed by atoms with Crippen molar-refractivity contribution in [3.05, 3.63) is 72.9 Å². The van der Waals surface area contributed by atoms with E-state index in [2.05, 4.69) is 86.8 Å². The minimum absolute atomic E-state index is 0.000627. The molecule has 0 aromatic rings. The quantitative estimate of drug-likeness (QED) is 0.0233. The fourth-order valence-electron chi connectivity index (χ4n) is 6.27. The summed E-state index contributed by atoms with van der Waals surface area (Å²) in [5.41, 5.74) is 5.36. The standard InChI is InChI=1S/C50H88NO9P/c1-3-5-7-9-11-13-15-17-19-21-23-25-27-29-31-33-35-37-39-41-43-57-44-47(45-58-61(55,56)59-46-48(51)50(53)54)60-49(52)42-40-38-36-34-32-30-28-26-24-22-20-18-16-14-12-10-8-6-4-2/h6,8,12,14,17-20,24,26,30,32,47-48H,3-5,7,9-11,13,15-16,21-23,25,27-29,31,33-46,51H2,1-2H3,(H,53,54)(H,55,56)/b8-6-,14-12-,19-17-,20-18-,26-24-,32-30-. The lowest BCUT2D eigenvalue weighted by molar-refractivity contribution is -0.154. The van der Waals surface area contributed by atoms with Crippen molar-refractivity contribution in [2.75, 3.05) is 26.4 Å². The number of carbonyl (C=O) groups excluding carboxylic acids is 1. The number of phosphoric acid groups is 1. The molecule has 0 bridgehead atoms. The summed E-state index contributed by atoms with van der Waals surface area (Å²) in [5.74, 6) is -1.81. The first-order chi connectivity index (χ1) is 29.7. The van der Waals surface area contributed by atoms with Crippen molar-refractivity contribution in [3.63, 3.8) is 0 Å². The zero-order valence-electron chi connectivity index (χ0n) is 38.5. The van der Waals surface area contributed by atoms with Gasteiger partial charge in [-0.15, -0.1) is 0 Å². The van der Waals surface area contributed by atoms with Crippen molar-refractivity contribution in [2.24, 2.45) is 5.73 Å². The number of carboxylic acid groups (broad SMARTS) is 1. The lowest BCUT2D eigenvalue weighted by atomic mass is 10.1. The second-order valence-corrected chi connectivity index (χ2v) is 17.3. The molecule has 0 radical (unpaired) electrons. The monoisotopic (exact) mass is 878 g/mol. The van der Waals surface area contributed by atoms with Gasteiger partial charge in [-0.3, -0.25) is 18.6 Å². The van der Waals surface area contributed by atoms with Crippen molar-refractivity contribution in [1.82, 2.24) is 0 Å². The van der Waals surface area contributed by atoms with Crippen molar-refractivity contribution in [2.45, 2.75) is 206 Å². The molecule has 0 fully saturated rings. The van der Waals surface area contributed by atoms with Crippen LogP contribution in [0.15, 0.2) is 72.9 Å². The number of phosphoric ester groups is 1. The van der Waals surface area contributed by atoms with Gasteiger partial charge < -0.3 is 25.2 Å². The fraction of sp³-hybridized carbons (Fsp3) is 0.720. The number of esters is 1. The van der Waals surface area contributed by atoms with Crippen LogP contribution in [-0.2, 0) is 32.7 Å². The number of ether oxygens (including phenoxy) is 2. The highest BCUT2D eigenvalue weighted by atomic mass is 31.2. The first-order valence-corrected chi connectivity index (χ1v) is 25.5. The van der Waals surface area contributed by atoms with Crippen LogP contribution in [0.25, 0.3) is 0 Å². The number of aliphatic carboxylic acids is 1. The third-order valence-corrected chi connectivity index (χ3v) is 10.9. The summed E-state index contributed by atoms with van der Waals surface area (Å²) in [6, 6.07) is -1.48. The van der Waals surface area contributed by atoms with E-state index in [0.717, 1.165) is 70.6 Å². The average molecular weight is 878 g/mol. The van der Waals surface area contributed by atoms with E-state index >= 15 is 0 Å². The van der Waals surface area contributed by atoms with E-state index in [1.165, 1.54) is 96.3 Å². The first-order valence-electron chi connectivity index (χ1n) is 24.0. The molecule has 0 amide bonds. The highest BCUT2D eigenvalue weighted by molar-refractivity contribution is 7.47.